The molecule has 0 aliphatic heterocycles. The number of ether oxygens (including phenoxy) is 4. The third kappa shape index (κ3) is 70.4. The lowest BCUT2D eigenvalue weighted by atomic mass is 9.99. The molecular weight excluding hydrogens is 1270 g/mol. The molecule has 0 spiro atoms. The van der Waals surface area contributed by atoms with Gasteiger partial charge < -0.3 is 33.8 Å². The molecule has 0 aromatic rings. The van der Waals surface area contributed by atoms with Gasteiger partial charge in [-0.25, -0.2) is 9.13 Å². The number of rotatable bonds is 76. The number of phosphoric acid groups is 2. The lowest BCUT2D eigenvalue weighted by Crippen LogP contribution is -2.30. The van der Waals surface area contributed by atoms with Crippen molar-refractivity contribution in [3.63, 3.8) is 0 Å². The van der Waals surface area contributed by atoms with Crippen LogP contribution in [0.4, 0.5) is 0 Å². The third-order valence-electron chi connectivity index (χ3n) is 18.0. The number of esters is 4. The van der Waals surface area contributed by atoms with E-state index in [1.165, 1.54) is 193 Å². The lowest BCUT2D eigenvalue weighted by molar-refractivity contribution is -0.161. The topological polar surface area (TPSA) is 237 Å². The third-order valence-corrected chi connectivity index (χ3v) is 19.9. The van der Waals surface area contributed by atoms with Crippen molar-refractivity contribution in [1.82, 2.24) is 0 Å². The van der Waals surface area contributed by atoms with E-state index in [2.05, 4.69) is 58.9 Å². The van der Waals surface area contributed by atoms with Gasteiger partial charge in [-0.05, 0) is 57.3 Å². The van der Waals surface area contributed by atoms with E-state index in [-0.39, 0.29) is 25.7 Å². The van der Waals surface area contributed by atoms with E-state index in [0.29, 0.717) is 25.7 Å². The van der Waals surface area contributed by atoms with Gasteiger partial charge in [-0.15, -0.1) is 0 Å². The molecule has 3 unspecified atom stereocenters. The van der Waals surface area contributed by atoms with Crippen molar-refractivity contribution in [1.29, 1.82) is 0 Å². The van der Waals surface area contributed by atoms with Crippen molar-refractivity contribution in [3.8, 4) is 0 Å². The standard InChI is InChI=1S/C78H148O17P2/c1-6-10-13-16-19-22-25-27-29-30-31-32-34-36-39-42-48-53-58-63-77(82)94-73(67-89-76(81)62-57-52-47-41-38-35-33-28-26-23-20-17-14-11-7-2)69-92-96(84,85)90-65-72(79)66-91-97(86,87)93-70-74(68-88-75(80)61-56-51-46-40-37-24-21-18-15-12-8-3)95-78(83)64-59-54-49-44-43-45-50-55-60-71(5)9-4/h23,26,28,33,71-74,79H,6-22,24-25,27,29-32,34-70H2,1-5H3,(H,84,85)(H,86,87)/b26-23-,33-28-/t71?,72-,73-,74-/m1/s1. The Morgan fingerprint density at radius 3 is 0.876 bits per heavy atom. The lowest BCUT2D eigenvalue weighted by Gasteiger charge is -2.21. The smallest absolute Gasteiger partial charge is 0.462 e. The van der Waals surface area contributed by atoms with Crippen LogP contribution in [0, 0.1) is 5.92 Å². The fourth-order valence-corrected chi connectivity index (χ4v) is 13.1. The summed E-state index contributed by atoms with van der Waals surface area (Å²) < 4.78 is 68.5. The Bertz CT molecular complexity index is 1950. The number of hydrogen-bond acceptors (Lipinski definition) is 15. The fourth-order valence-electron chi connectivity index (χ4n) is 11.5. The van der Waals surface area contributed by atoms with Crippen LogP contribution in [-0.4, -0.2) is 96.7 Å². The summed E-state index contributed by atoms with van der Waals surface area (Å²) in [6, 6.07) is 0. The Balaban J connectivity index is 5.27. The van der Waals surface area contributed by atoms with Gasteiger partial charge >= 0.3 is 39.5 Å². The zero-order chi connectivity index (χ0) is 71.2. The molecule has 97 heavy (non-hydrogen) atoms. The second kappa shape index (κ2) is 70.6. The van der Waals surface area contributed by atoms with Crippen molar-refractivity contribution in [2.75, 3.05) is 39.6 Å². The monoisotopic (exact) mass is 1420 g/mol. The predicted octanol–water partition coefficient (Wildman–Crippen LogP) is 22.8. The molecule has 0 aliphatic rings. The first-order chi connectivity index (χ1) is 47.1. The number of hydrogen-bond donors (Lipinski definition) is 3. The zero-order valence-electron chi connectivity index (χ0n) is 62.7. The number of carbonyl (C=O) groups excluding carboxylic acids is 4. The maximum absolute atomic E-state index is 13.1. The molecule has 572 valence electrons. The Kier molecular flexibility index (Phi) is 68.8. The minimum absolute atomic E-state index is 0.102. The van der Waals surface area contributed by atoms with Crippen molar-refractivity contribution >= 4 is 39.5 Å². The molecule has 3 N–H and O–H groups in total. The maximum Gasteiger partial charge on any atom is 0.472 e. The van der Waals surface area contributed by atoms with E-state index in [1.54, 1.807) is 0 Å². The van der Waals surface area contributed by atoms with Crippen molar-refractivity contribution < 1.29 is 80.2 Å². The Labute approximate surface area is 592 Å². The second-order valence-corrected chi connectivity index (χ2v) is 30.6. The molecular formula is C78H148O17P2. The van der Waals surface area contributed by atoms with Crippen LogP contribution in [0.1, 0.15) is 388 Å². The van der Waals surface area contributed by atoms with Gasteiger partial charge in [0, 0.05) is 25.7 Å². The van der Waals surface area contributed by atoms with Crippen LogP contribution in [0.3, 0.4) is 0 Å². The summed E-state index contributed by atoms with van der Waals surface area (Å²) in [7, 11) is -9.92. The molecule has 19 heteroatoms. The van der Waals surface area contributed by atoms with Gasteiger partial charge in [0.2, 0.25) is 0 Å². The van der Waals surface area contributed by atoms with Crippen molar-refractivity contribution in [3.05, 3.63) is 24.3 Å². The Hall–Kier alpha value is -2.46. The summed E-state index contributed by atoms with van der Waals surface area (Å²) >= 11 is 0. The molecule has 0 radical (unpaired) electrons. The molecule has 0 aromatic carbocycles. The van der Waals surface area contributed by atoms with Gasteiger partial charge in [-0.3, -0.25) is 37.3 Å². The summed E-state index contributed by atoms with van der Waals surface area (Å²) in [5, 5.41) is 10.6. The molecule has 0 aliphatic carbocycles. The maximum atomic E-state index is 13.1. The highest BCUT2D eigenvalue weighted by Gasteiger charge is 2.30. The van der Waals surface area contributed by atoms with Crippen LogP contribution >= 0.6 is 15.6 Å². The van der Waals surface area contributed by atoms with Crippen molar-refractivity contribution in [2.45, 2.75) is 406 Å². The van der Waals surface area contributed by atoms with E-state index < -0.39 is 97.5 Å². The molecule has 17 nitrogen and oxygen atoms in total. The number of allylic oxidation sites excluding steroid dienone is 4. The number of phosphoric ester groups is 2. The first-order valence-electron chi connectivity index (χ1n) is 40.0. The molecule has 0 amide bonds. The van der Waals surface area contributed by atoms with Gasteiger partial charge in [-0.2, -0.15) is 0 Å². The fraction of sp³-hybridized carbons (Fsp3) is 0.897. The average molecular weight is 1420 g/mol. The minimum Gasteiger partial charge on any atom is -0.462 e. The second-order valence-electron chi connectivity index (χ2n) is 27.7. The normalized spacial score (nSPS) is 14.4. The van der Waals surface area contributed by atoms with Crippen LogP contribution < -0.4 is 0 Å². The number of aliphatic hydroxyl groups excluding tert-OH is 1. The highest BCUT2D eigenvalue weighted by atomic mass is 31.2. The first kappa shape index (κ1) is 94.5. The van der Waals surface area contributed by atoms with E-state index in [1.807, 2.05) is 0 Å². The predicted molar refractivity (Wildman–Crippen MR) is 395 cm³/mol. The number of aliphatic hydroxyl groups is 1. The van der Waals surface area contributed by atoms with Crippen LogP contribution in [0.25, 0.3) is 0 Å². The summed E-state index contributed by atoms with van der Waals surface area (Å²) in [6.07, 6.45) is 63.2. The molecule has 0 bridgehead atoms. The van der Waals surface area contributed by atoms with Gasteiger partial charge in [0.1, 0.15) is 19.3 Å². The van der Waals surface area contributed by atoms with Gasteiger partial charge in [0.05, 0.1) is 26.4 Å². The largest absolute Gasteiger partial charge is 0.472 e. The number of carbonyl (C=O) groups is 4. The summed E-state index contributed by atoms with van der Waals surface area (Å²) in [4.78, 5) is 72.9. The van der Waals surface area contributed by atoms with E-state index in [0.717, 1.165) is 115 Å². The molecule has 0 fully saturated rings. The van der Waals surface area contributed by atoms with Gasteiger partial charge in [-0.1, -0.05) is 335 Å². The quantitative estimate of drug-likeness (QED) is 0.0169. The van der Waals surface area contributed by atoms with E-state index in [4.69, 9.17) is 37.0 Å². The summed E-state index contributed by atoms with van der Waals surface area (Å²) in [5.41, 5.74) is 0. The van der Waals surface area contributed by atoms with Crippen molar-refractivity contribution in [2.24, 2.45) is 5.92 Å². The van der Waals surface area contributed by atoms with Crippen LogP contribution in [0.2, 0.25) is 0 Å². The van der Waals surface area contributed by atoms with E-state index >= 15 is 0 Å². The van der Waals surface area contributed by atoms with Gasteiger partial charge in [0.25, 0.3) is 0 Å². The summed E-state index contributed by atoms with van der Waals surface area (Å²) in [5.74, 6) is -1.37. The van der Waals surface area contributed by atoms with Gasteiger partial charge in [0.15, 0.2) is 12.2 Å². The molecule has 6 atom stereocenters. The zero-order valence-corrected chi connectivity index (χ0v) is 64.5. The van der Waals surface area contributed by atoms with Crippen LogP contribution in [-0.2, 0) is 65.4 Å². The molecule has 0 saturated carbocycles. The number of unbranched alkanes of at least 4 members (excludes halogenated alkanes) is 44. The summed E-state index contributed by atoms with van der Waals surface area (Å²) in [6.45, 7) is 7.23. The molecule has 0 heterocycles. The first-order valence-corrected chi connectivity index (χ1v) is 43.0. The average Bonchev–Trinajstić information content (AvgIpc) is 1.19. The van der Waals surface area contributed by atoms with E-state index in [9.17, 15) is 43.2 Å². The Morgan fingerprint density at radius 2 is 0.577 bits per heavy atom. The van der Waals surface area contributed by atoms with Crippen LogP contribution in [0.15, 0.2) is 24.3 Å². The highest BCUT2D eigenvalue weighted by molar-refractivity contribution is 7.47. The molecule has 0 aromatic heterocycles. The van der Waals surface area contributed by atoms with Crippen LogP contribution in [0.5, 0.6) is 0 Å². The SMILES string of the molecule is CCCCCC/C=C\C=C/CCCCCCCC(=O)OC[C@H](COP(=O)(O)OC[C@@H](O)COP(=O)(O)OC[C@@H](COC(=O)CCCCCCCCCCCCC)OC(=O)CCCCCCCCCCC(C)CC)OC(=O)CCCCCCCCCCCCCCCCCCCCC. The Morgan fingerprint density at radius 1 is 0.330 bits per heavy atom. The minimum atomic E-state index is -4.97. The highest BCUT2D eigenvalue weighted by Crippen LogP contribution is 2.45. The molecule has 0 saturated heterocycles. The molecule has 0 rings (SSSR count).